The molecular formula is C19H27NO3. The molecule has 4 nitrogen and oxygen atoms in total. The summed E-state index contributed by atoms with van der Waals surface area (Å²) < 4.78 is 63.9. The van der Waals surface area contributed by atoms with E-state index in [1.807, 2.05) is 5.32 Å². The maximum Gasteiger partial charge on any atom is 0.326 e. The van der Waals surface area contributed by atoms with Crippen LogP contribution in [0.5, 0.6) is 0 Å². The number of carboxylic acids is 1. The molecule has 1 saturated carbocycles. The van der Waals surface area contributed by atoms with Crippen LogP contribution in [0.3, 0.4) is 0 Å². The van der Waals surface area contributed by atoms with Crippen LogP contribution in [0.15, 0.2) is 30.2 Å². The minimum absolute atomic E-state index is 0.432. The van der Waals surface area contributed by atoms with Gasteiger partial charge in [0.05, 0.1) is 8.22 Å². The van der Waals surface area contributed by atoms with Crippen LogP contribution in [0, 0.1) is 17.8 Å². The minimum Gasteiger partial charge on any atom is -0.480 e. The number of amides is 1. The Bertz CT molecular complexity index is 854. The second kappa shape index (κ2) is 8.14. The number of aliphatic carboxylic acids is 1. The predicted molar refractivity (Wildman–Crippen MR) is 90.0 cm³/mol. The molecule has 0 unspecified atom stereocenters. The molecule has 2 N–H and O–H groups in total. The minimum atomic E-state index is -3.32. The number of hydrogen-bond donors (Lipinski definition) is 2. The SMILES string of the molecule is [2H]c1c([2H])c([2H])c(C([2H])([2H])[C@]([2H])(NC(=O)C2CCC(C(C)C)CC2)C(=O)O)c([2H])c1[2H]. The Morgan fingerprint density at radius 3 is 2.43 bits per heavy atom. The van der Waals surface area contributed by atoms with Gasteiger partial charge in [0.1, 0.15) is 6.02 Å². The lowest BCUT2D eigenvalue weighted by atomic mass is 9.76. The fourth-order valence-corrected chi connectivity index (χ4v) is 2.85. The molecule has 0 aromatic heterocycles. The van der Waals surface area contributed by atoms with Gasteiger partial charge in [-0.1, -0.05) is 44.1 Å². The van der Waals surface area contributed by atoms with Crippen molar-refractivity contribution >= 4 is 11.9 Å². The van der Waals surface area contributed by atoms with Crippen molar-refractivity contribution in [1.29, 1.82) is 0 Å². The maximum absolute atomic E-state index is 12.8. The molecule has 1 aliphatic rings. The zero-order chi connectivity index (χ0) is 23.9. The predicted octanol–water partition coefficient (Wildman–Crippen LogP) is 3.26. The number of hydrogen-bond acceptors (Lipinski definition) is 2. The Balaban J connectivity index is 2.43. The molecule has 126 valence electrons. The molecule has 0 spiro atoms. The largest absolute Gasteiger partial charge is 0.480 e. The molecule has 2 rings (SSSR count). The smallest absolute Gasteiger partial charge is 0.326 e. The molecule has 4 heteroatoms. The molecule has 1 aromatic carbocycles. The molecule has 1 fully saturated rings. The van der Waals surface area contributed by atoms with Crippen LogP contribution in [0.1, 0.15) is 56.1 Å². The molecule has 0 radical (unpaired) electrons. The van der Waals surface area contributed by atoms with Crippen LogP contribution in [-0.2, 0) is 16.0 Å². The van der Waals surface area contributed by atoms with E-state index >= 15 is 0 Å². The third-order valence-electron chi connectivity index (χ3n) is 4.30. The third kappa shape index (κ3) is 5.08. The van der Waals surface area contributed by atoms with E-state index < -0.39 is 66.0 Å². The lowest BCUT2D eigenvalue weighted by Gasteiger charge is -2.30. The van der Waals surface area contributed by atoms with E-state index in [-0.39, 0.29) is 0 Å². The maximum atomic E-state index is 12.8. The van der Waals surface area contributed by atoms with Gasteiger partial charge in [0, 0.05) is 15.0 Å². The first-order valence-corrected chi connectivity index (χ1v) is 7.79. The van der Waals surface area contributed by atoms with Crippen LogP contribution in [-0.4, -0.2) is 23.0 Å². The second-order valence-corrected chi connectivity index (χ2v) is 6.15. The normalized spacial score (nSPS) is 29.5. The van der Waals surface area contributed by atoms with E-state index in [4.69, 9.17) is 11.0 Å². The summed E-state index contributed by atoms with van der Waals surface area (Å²) in [6, 6.07) is -7.70. The molecule has 0 aliphatic heterocycles. The van der Waals surface area contributed by atoms with Crippen LogP contribution in [0.4, 0.5) is 0 Å². The van der Waals surface area contributed by atoms with Crippen molar-refractivity contribution in [3.63, 3.8) is 0 Å². The molecule has 0 heterocycles. The van der Waals surface area contributed by atoms with Gasteiger partial charge in [0.15, 0.2) is 0 Å². The van der Waals surface area contributed by atoms with Gasteiger partial charge >= 0.3 is 5.97 Å². The van der Waals surface area contributed by atoms with E-state index in [1.54, 1.807) is 0 Å². The van der Waals surface area contributed by atoms with E-state index in [9.17, 15) is 14.7 Å². The average molecular weight is 325 g/mol. The Hall–Kier alpha value is -1.84. The zero-order valence-electron chi connectivity index (χ0n) is 21.3. The Morgan fingerprint density at radius 2 is 1.91 bits per heavy atom. The molecule has 1 aliphatic carbocycles. The quantitative estimate of drug-likeness (QED) is 0.843. The summed E-state index contributed by atoms with van der Waals surface area (Å²) in [7, 11) is 0. The van der Waals surface area contributed by atoms with E-state index in [0.717, 1.165) is 12.8 Å². The third-order valence-corrected chi connectivity index (χ3v) is 4.30. The number of rotatable bonds is 6. The number of benzene rings is 1. The van der Waals surface area contributed by atoms with Gasteiger partial charge in [-0.05, 0) is 43.1 Å². The van der Waals surface area contributed by atoms with Crippen molar-refractivity contribution in [2.75, 3.05) is 0 Å². The summed E-state index contributed by atoms with van der Waals surface area (Å²) in [5.74, 6) is -2.54. The van der Waals surface area contributed by atoms with Gasteiger partial charge in [-0.3, -0.25) is 4.79 Å². The second-order valence-electron chi connectivity index (χ2n) is 6.15. The number of carbonyl (C=O) groups is 2. The fourth-order valence-electron chi connectivity index (χ4n) is 2.85. The van der Waals surface area contributed by atoms with Crippen molar-refractivity contribution < 1.29 is 25.7 Å². The Labute approximate surface area is 149 Å². The molecule has 1 amide bonds. The molecule has 0 bridgehead atoms. The van der Waals surface area contributed by atoms with Crippen molar-refractivity contribution in [2.45, 2.75) is 51.9 Å². The van der Waals surface area contributed by atoms with Crippen LogP contribution >= 0.6 is 0 Å². The van der Waals surface area contributed by atoms with Crippen molar-refractivity contribution in [3.05, 3.63) is 35.8 Å². The fraction of sp³-hybridized carbons (Fsp3) is 0.579. The summed E-state index contributed by atoms with van der Waals surface area (Å²) in [6.45, 7) is 4.16. The molecule has 23 heavy (non-hydrogen) atoms. The van der Waals surface area contributed by atoms with Crippen molar-refractivity contribution in [2.24, 2.45) is 17.8 Å². The first-order chi connectivity index (χ1) is 14.2. The van der Waals surface area contributed by atoms with Crippen LogP contribution in [0.25, 0.3) is 0 Å². The van der Waals surface area contributed by atoms with Crippen molar-refractivity contribution in [3.8, 4) is 0 Å². The van der Waals surface area contributed by atoms with Gasteiger partial charge in [-0.15, -0.1) is 0 Å². The standard InChI is InChI=1S/C19H27NO3/c1-13(2)15-8-10-16(11-9-15)18(21)20-17(19(22)23)12-14-6-4-3-5-7-14/h3-7,13,15-17H,8-12H2,1-2H3,(H,20,21)(H,22,23)/t15?,16?,17-/m0/s1/i3D,4D,5D,6D,7D,12D2,17D. The summed E-state index contributed by atoms with van der Waals surface area (Å²) >= 11 is 0. The van der Waals surface area contributed by atoms with Crippen LogP contribution < -0.4 is 5.32 Å². The molecular weight excluding hydrogens is 290 g/mol. The average Bonchev–Trinajstić information content (AvgIpc) is 2.70. The lowest BCUT2D eigenvalue weighted by molar-refractivity contribution is -0.142. The van der Waals surface area contributed by atoms with Gasteiger partial charge in [-0.25, -0.2) is 4.79 Å². The highest BCUT2D eigenvalue weighted by molar-refractivity contribution is 5.85. The van der Waals surface area contributed by atoms with Gasteiger partial charge in [0.25, 0.3) is 0 Å². The highest BCUT2D eigenvalue weighted by Gasteiger charge is 2.30. The van der Waals surface area contributed by atoms with Crippen molar-refractivity contribution in [1.82, 2.24) is 5.32 Å². The highest BCUT2D eigenvalue weighted by Crippen LogP contribution is 2.33. The molecule has 0 saturated heterocycles. The lowest BCUT2D eigenvalue weighted by Crippen LogP contribution is -2.45. The van der Waals surface area contributed by atoms with Gasteiger partial charge in [-0.2, -0.15) is 0 Å². The molecule has 1 aromatic rings. The first-order valence-electron chi connectivity index (χ1n) is 11.8. The summed E-state index contributed by atoms with van der Waals surface area (Å²) in [5.41, 5.74) is -0.986. The number of carbonyl (C=O) groups excluding carboxylic acids is 1. The zero-order valence-corrected chi connectivity index (χ0v) is 13.3. The summed E-state index contributed by atoms with van der Waals surface area (Å²) in [5, 5.41) is 11.6. The van der Waals surface area contributed by atoms with Gasteiger partial charge < -0.3 is 10.4 Å². The monoisotopic (exact) mass is 325 g/mol. The summed E-state index contributed by atoms with van der Waals surface area (Å²) in [4.78, 5) is 24.7. The first kappa shape index (κ1) is 9.45. The van der Waals surface area contributed by atoms with E-state index in [1.165, 1.54) is 0 Å². The van der Waals surface area contributed by atoms with E-state index in [0.29, 0.717) is 24.7 Å². The summed E-state index contributed by atoms with van der Waals surface area (Å²) in [6.07, 6.45) is -0.866. The molecule has 1 atom stereocenters. The topological polar surface area (TPSA) is 66.4 Å². The number of carboxylic acid groups (broad SMARTS) is 1. The van der Waals surface area contributed by atoms with Crippen LogP contribution in [0.2, 0.25) is 0 Å². The Kier molecular flexibility index (Phi) is 3.34. The van der Waals surface area contributed by atoms with E-state index in [2.05, 4.69) is 13.8 Å². The van der Waals surface area contributed by atoms with Gasteiger partial charge in [0.2, 0.25) is 5.91 Å². The highest BCUT2D eigenvalue weighted by atomic mass is 16.4. The number of nitrogens with one attached hydrogen (secondary N) is 1. The Morgan fingerprint density at radius 1 is 1.30 bits per heavy atom.